The molecule has 2 aliphatic rings. The van der Waals surface area contributed by atoms with Gasteiger partial charge in [0.1, 0.15) is 0 Å². The quantitative estimate of drug-likeness (QED) is 0.175. The topological polar surface area (TPSA) is 3.24 Å². The van der Waals surface area contributed by atoms with Crippen molar-refractivity contribution >= 4 is 17.1 Å². The molecule has 0 amide bonds. The largest absolute Gasteiger partial charge is 0.309 e. The van der Waals surface area contributed by atoms with Crippen LogP contribution in [0.2, 0.25) is 0 Å². The molecule has 1 aliphatic heterocycles. The molecule has 8 aromatic carbocycles. The SMILES string of the molecule is CC1(C)c2cc(-c3ccccc3)ccc2N(c2cccc3c2-c2ccccc2C3(c2ccccc2)c2ccccc2)c2ccc(-c3ccccc3)cc21. The van der Waals surface area contributed by atoms with Crippen LogP contribution >= 0.6 is 0 Å². The molecule has 0 spiro atoms. The lowest BCUT2D eigenvalue weighted by atomic mass is 9.67. The van der Waals surface area contributed by atoms with Gasteiger partial charge in [-0.05, 0) is 91.5 Å². The summed E-state index contributed by atoms with van der Waals surface area (Å²) in [6, 6.07) is 74.0. The van der Waals surface area contributed by atoms with Gasteiger partial charge in [0, 0.05) is 11.0 Å². The molecule has 0 N–H and O–H groups in total. The molecule has 1 aliphatic carbocycles. The second-order valence-corrected chi connectivity index (χ2v) is 14.9. The van der Waals surface area contributed by atoms with Gasteiger partial charge in [-0.1, -0.05) is 184 Å². The Morgan fingerprint density at radius 2 is 0.792 bits per heavy atom. The molecule has 0 saturated heterocycles. The number of rotatable bonds is 5. The normalized spacial score (nSPS) is 14.5. The van der Waals surface area contributed by atoms with Gasteiger partial charge < -0.3 is 4.90 Å². The third-order valence-corrected chi connectivity index (χ3v) is 11.7. The highest BCUT2D eigenvalue weighted by atomic mass is 15.2. The van der Waals surface area contributed by atoms with Crippen LogP contribution in [0.15, 0.2) is 200 Å². The maximum atomic E-state index is 2.56. The van der Waals surface area contributed by atoms with Crippen LogP contribution in [0.3, 0.4) is 0 Å². The van der Waals surface area contributed by atoms with Crippen LogP contribution in [0, 0.1) is 0 Å². The van der Waals surface area contributed by atoms with Gasteiger partial charge in [-0.15, -0.1) is 0 Å². The molecule has 0 atom stereocenters. The third kappa shape index (κ3) is 4.64. The van der Waals surface area contributed by atoms with Crippen molar-refractivity contribution in [3.8, 4) is 33.4 Å². The molecular weight excluding hydrogens is 639 g/mol. The Morgan fingerprint density at radius 1 is 0.340 bits per heavy atom. The highest BCUT2D eigenvalue weighted by molar-refractivity contribution is 6.00. The first-order valence-corrected chi connectivity index (χ1v) is 18.6. The molecule has 0 fully saturated rings. The highest BCUT2D eigenvalue weighted by Gasteiger charge is 2.48. The zero-order valence-electron chi connectivity index (χ0n) is 30.0. The van der Waals surface area contributed by atoms with Crippen molar-refractivity contribution in [3.05, 3.63) is 234 Å². The van der Waals surface area contributed by atoms with E-state index >= 15 is 0 Å². The van der Waals surface area contributed by atoms with Crippen molar-refractivity contribution in [2.45, 2.75) is 24.7 Å². The maximum Gasteiger partial charge on any atom is 0.0714 e. The average Bonchev–Trinajstić information content (AvgIpc) is 3.54. The Bertz CT molecular complexity index is 2490. The summed E-state index contributed by atoms with van der Waals surface area (Å²) in [5.41, 5.74) is 18.2. The summed E-state index contributed by atoms with van der Waals surface area (Å²) in [5, 5.41) is 0. The monoisotopic (exact) mass is 677 g/mol. The minimum Gasteiger partial charge on any atom is -0.309 e. The van der Waals surface area contributed by atoms with Gasteiger partial charge in [0.15, 0.2) is 0 Å². The van der Waals surface area contributed by atoms with E-state index in [2.05, 4.69) is 219 Å². The van der Waals surface area contributed by atoms with Gasteiger partial charge in [-0.3, -0.25) is 0 Å². The van der Waals surface area contributed by atoms with Gasteiger partial charge in [-0.2, -0.15) is 0 Å². The second-order valence-electron chi connectivity index (χ2n) is 14.9. The lowest BCUT2D eigenvalue weighted by Crippen LogP contribution is -2.31. The molecule has 0 aromatic heterocycles. The van der Waals surface area contributed by atoms with Crippen LogP contribution in [0.5, 0.6) is 0 Å². The molecule has 1 heteroatoms. The zero-order chi connectivity index (χ0) is 35.6. The van der Waals surface area contributed by atoms with Gasteiger partial charge in [0.05, 0.1) is 22.5 Å². The molecule has 1 heterocycles. The molecule has 10 rings (SSSR count). The van der Waals surface area contributed by atoms with E-state index in [4.69, 9.17) is 0 Å². The first kappa shape index (κ1) is 31.3. The fourth-order valence-corrected chi connectivity index (χ4v) is 9.28. The van der Waals surface area contributed by atoms with E-state index in [9.17, 15) is 0 Å². The van der Waals surface area contributed by atoms with Crippen molar-refractivity contribution in [3.63, 3.8) is 0 Å². The molecule has 0 radical (unpaired) electrons. The minimum absolute atomic E-state index is 0.259. The summed E-state index contributed by atoms with van der Waals surface area (Å²) in [7, 11) is 0. The van der Waals surface area contributed by atoms with Gasteiger partial charge >= 0.3 is 0 Å². The summed E-state index contributed by atoms with van der Waals surface area (Å²) < 4.78 is 0. The first-order chi connectivity index (χ1) is 26.1. The molecule has 0 unspecified atom stereocenters. The Labute approximate surface area is 312 Å². The van der Waals surface area contributed by atoms with Gasteiger partial charge in [0.25, 0.3) is 0 Å². The lowest BCUT2D eigenvalue weighted by molar-refractivity contribution is 0.632. The van der Waals surface area contributed by atoms with E-state index in [-0.39, 0.29) is 5.41 Å². The van der Waals surface area contributed by atoms with E-state index in [1.54, 1.807) is 0 Å². The Balaban J connectivity index is 1.28. The Kier molecular flexibility index (Phi) is 7.13. The van der Waals surface area contributed by atoms with Crippen molar-refractivity contribution in [1.82, 2.24) is 0 Å². The van der Waals surface area contributed by atoms with Crippen molar-refractivity contribution in [1.29, 1.82) is 0 Å². The Hall–Kier alpha value is -6.44. The fourth-order valence-electron chi connectivity index (χ4n) is 9.28. The second kappa shape index (κ2) is 12.1. The summed E-state index contributed by atoms with van der Waals surface area (Å²) in [4.78, 5) is 2.56. The van der Waals surface area contributed by atoms with Crippen LogP contribution in [0.25, 0.3) is 33.4 Å². The van der Waals surface area contributed by atoms with E-state index in [1.807, 2.05) is 0 Å². The van der Waals surface area contributed by atoms with E-state index in [0.717, 1.165) is 0 Å². The van der Waals surface area contributed by atoms with Crippen LogP contribution in [-0.4, -0.2) is 0 Å². The van der Waals surface area contributed by atoms with Crippen molar-refractivity contribution in [2.24, 2.45) is 0 Å². The molecule has 0 bridgehead atoms. The average molecular weight is 678 g/mol. The summed E-state index contributed by atoms with van der Waals surface area (Å²) >= 11 is 0. The molecule has 8 aromatic rings. The fraction of sp³-hybridized carbons (Fsp3) is 0.0769. The number of anilines is 3. The summed E-state index contributed by atoms with van der Waals surface area (Å²) in [6.45, 7) is 4.79. The molecule has 53 heavy (non-hydrogen) atoms. The smallest absolute Gasteiger partial charge is 0.0714 e. The molecule has 1 nitrogen and oxygen atoms in total. The summed E-state index contributed by atoms with van der Waals surface area (Å²) in [5.74, 6) is 0. The van der Waals surface area contributed by atoms with Gasteiger partial charge in [0.2, 0.25) is 0 Å². The predicted molar refractivity (Wildman–Crippen MR) is 221 cm³/mol. The number of benzene rings is 8. The molecular formula is C52H39N. The Morgan fingerprint density at radius 3 is 1.32 bits per heavy atom. The van der Waals surface area contributed by atoms with Crippen LogP contribution in [-0.2, 0) is 10.8 Å². The van der Waals surface area contributed by atoms with Crippen LogP contribution < -0.4 is 4.90 Å². The number of hydrogen-bond acceptors (Lipinski definition) is 1. The van der Waals surface area contributed by atoms with Gasteiger partial charge in [-0.25, -0.2) is 0 Å². The van der Waals surface area contributed by atoms with Crippen molar-refractivity contribution in [2.75, 3.05) is 4.90 Å². The minimum atomic E-state index is -0.473. The first-order valence-electron chi connectivity index (χ1n) is 18.6. The van der Waals surface area contributed by atoms with Crippen molar-refractivity contribution < 1.29 is 0 Å². The molecule has 0 saturated carbocycles. The van der Waals surface area contributed by atoms with E-state index < -0.39 is 5.41 Å². The summed E-state index contributed by atoms with van der Waals surface area (Å²) in [6.07, 6.45) is 0. The van der Waals surface area contributed by atoms with E-state index in [1.165, 1.54) is 83.8 Å². The zero-order valence-corrected chi connectivity index (χ0v) is 30.0. The van der Waals surface area contributed by atoms with Crippen LogP contribution in [0.4, 0.5) is 17.1 Å². The number of hydrogen-bond donors (Lipinski definition) is 0. The number of fused-ring (bicyclic) bond motifs is 5. The van der Waals surface area contributed by atoms with E-state index in [0.29, 0.717) is 0 Å². The standard InChI is InChI=1S/C52H39N/c1-51(2)45-34-38(36-18-7-3-8-19-36)30-32-47(45)53(48-33-31-39(35-46(48)51)37-20-9-4-10-21-37)49-29-17-28-44-50(49)42-26-15-16-27-43(42)52(44,40-22-11-5-12-23-40)41-24-13-6-14-25-41/h3-35H,1-2H3. The number of nitrogens with zero attached hydrogens (tertiary/aromatic N) is 1. The van der Waals surface area contributed by atoms with Crippen LogP contribution in [0.1, 0.15) is 47.2 Å². The highest BCUT2D eigenvalue weighted by Crippen LogP contribution is 2.61. The predicted octanol–water partition coefficient (Wildman–Crippen LogP) is 13.5. The third-order valence-electron chi connectivity index (χ3n) is 11.7. The molecule has 252 valence electrons. The lowest BCUT2D eigenvalue weighted by Gasteiger charge is -2.43. The maximum absolute atomic E-state index is 2.56.